The maximum atomic E-state index is 12.3. The minimum atomic E-state index is -0.544. The van der Waals surface area contributed by atoms with Crippen LogP contribution in [0.25, 0.3) is 10.9 Å². The van der Waals surface area contributed by atoms with E-state index in [0.717, 1.165) is 5.39 Å². The normalized spacial score (nSPS) is 10.7. The molecule has 30 heavy (non-hydrogen) atoms. The summed E-state index contributed by atoms with van der Waals surface area (Å²) < 4.78 is 10.7. The third-order valence-electron chi connectivity index (χ3n) is 3.98. The van der Waals surface area contributed by atoms with Gasteiger partial charge in [0.25, 0.3) is 5.91 Å². The van der Waals surface area contributed by atoms with Crippen molar-refractivity contribution in [3.05, 3.63) is 59.8 Å². The molecule has 8 heteroatoms. The molecule has 0 radical (unpaired) electrons. The summed E-state index contributed by atoms with van der Waals surface area (Å²) in [5.74, 6) is 0.358. The quantitative estimate of drug-likeness (QED) is 0.546. The first-order valence-electron chi connectivity index (χ1n) is 9.42. The number of amides is 2. The van der Waals surface area contributed by atoms with E-state index in [-0.39, 0.29) is 18.4 Å². The number of pyridine rings is 1. The lowest BCUT2D eigenvalue weighted by Crippen LogP contribution is -2.20. The Morgan fingerprint density at radius 1 is 1.07 bits per heavy atom. The number of hydrogen-bond acceptors (Lipinski definition) is 5. The largest absolute Gasteiger partial charge is 0.481 e. The number of aromatic nitrogens is 1. The van der Waals surface area contributed by atoms with Crippen LogP contribution >= 0.6 is 11.6 Å². The monoisotopic (exact) mass is 427 g/mol. The van der Waals surface area contributed by atoms with E-state index in [1.54, 1.807) is 48.7 Å². The molecule has 0 saturated carbocycles. The smallest absolute Gasteiger partial charge is 0.411 e. The molecule has 0 aliphatic carbocycles. The van der Waals surface area contributed by atoms with Gasteiger partial charge in [-0.1, -0.05) is 31.5 Å². The second-order valence-corrected chi connectivity index (χ2v) is 7.39. The molecule has 3 aromatic rings. The minimum Gasteiger partial charge on any atom is -0.481 e. The van der Waals surface area contributed by atoms with Gasteiger partial charge >= 0.3 is 6.09 Å². The molecule has 0 spiro atoms. The predicted molar refractivity (Wildman–Crippen MR) is 117 cm³/mol. The number of hydrogen-bond donors (Lipinski definition) is 2. The van der Waals surface area contributed by atoms with Gasteiger partial charge in [-0.05, 0) is 48.4 Å². The van der Waals surface area contributed by atoms with Gasteiger partial charge in [-0.2, -0.15) is 0 Å². The maximum absolute atomic E-state index is 12.3. The first-order valence-corrected chi connectivity index (χ1v) is 9.80. The molecule has 0 aliphatic heterocycles. The molecular formula is C22H22ClN3O4. The van der Waals surface area contributed by atoms with Crippen molar-refractivity contribution in [2.45, 2.75) is 13.8 Å². The van der Waals surface area contributed by atoms with E-state index in [0.29, 0.717) is 34.3 Å². The molecule has 7 nitrogen and oxygen atoms in total. The summed E-state index contributed by atoms with van der Waals surface area (Å²) in [6.07, 6.45) is 1.09. The van der Waals surface area contributed by atoms with Gasteiger partial charge in [-0.25, -0.2) is 4.79 Å². The number of halogens is 1. The van der Waals surface area contributed by atoms with Gasteiger partial charge in [0.15, 0.2) is 6.61 Å². The molecule has 1 heterocycles. The van der Waals surface area contributed by atoms with Crippen LogP contribution in [0.15, 0.2) is 54.7 Å². The van der Waals surface area contributed by atoms with E-state index in [9.17, 15) is 9.59 Å². The summed E-state index contributed by atoms with van der Waals surface area (Å²) in [5.41, 5.74) is 1.61. The Morgan fingerprint density at radius 3 is 2.60 bits per heavy atom. The molecule has 0 saturated heterocycles. The van der Waals surface area contributed by atoms with E-state index in [1.807, 2.05) is 19.9 Å². The highest BCUT2D eigenvalue weighted by atomic mass is 35.5. The van der Waals surface area contributed by atoms with Crippen LogP contribution in [-0.4, -0.2) is 30.2 Å². The zero-order valence-corrected chi connectivity index (χ0v) is 17.4. The highest BCUT2D eigenvalue weighted by molar-refractivity contribution is 6.35. The van der Waals surface area contributed by atoms with Crippen LogP contribution in [-0.2, 0) is 9.53 Å². The van der Waals surface area contributed by atoms with E-state index in [4.69, 9.17) is 21.1 Å². The van der Waals surface area contributed by atoms with Gasteiger partial charge in [-0.15, -0.1) is 0 Å². The molecule has 2 aromatic carbocycles. The predicted octanol–water partition coefficient (Wildman–Crippen LogP) is 5.11. The fourth-order valence-corrected chi connectivity index (χ4v) is 2.86. The van der Waals surface area contributed by atoms with Crippen molar-refractivity contribution >= 4 is 45.9 Å². The lowest BCUT2D eigenvalue weighted by atomic mass is 10.2. The Labute approximate surface area is 179 Å². The van der Waals surface area contributed by atoms with E-state index >= 15 is 0 Å². The number of benzene rings is 2. The number of carbonyl (C=O) groups excluding carboxylic acids is 2. The molecule has 3 rings (SSSR count). The number of anilines is 2. The van der Waals surface area contributed by atoms with Crippen LogP contribution in [0.2, 0.25) is 5.02 Å². The molecule has 0 fully saturated rings. The van der Waals surface area contributed by atoms with Crippen molar-refractivity contribution in [3.63, 3.8) is 0 Å². The van der Waals surface area contributed by atoms with Crippen LogP contribution in [0.5, 0.6) is 5.75 Å². The van der Waals surface area contributed by atoms with E-state index in [2.05, 4.69) is 15.6 Å². The van der Waals surface area contributed by atoms with Gasteiger partial charge in [-0.3, -0.25) is 15.1 Å². The number of rotatable bonds is 7. The summed E-state index contributed by atoms with van der Waals surface area (Å²) in [4.78, 5) is 28.4. The zero-order valence-electron chi connectivity index (χ0n) is 16.6. The first-order chi connectivity index (χ1) is 14.4. The Hall–Kier alpha value is -3.32. The Morgan fingerprint density at radius 2 is 1.83 bits per heavy atom. The summed E-state index contributed by atoms with van der Waals surface area (Å²) in [5, 5.41) is 6.67. The third-order valence-corrected chi connectivity index (χ3v) is 4.31. The van der Waals surface area contributed by atoms with Gasteiger partial charge < -0.3 is 14.8 Å². The second kappa shape index (κ2) is 9.93. The minimum absolute atomic E-state index is 0.207. The van der Waals surface area contributed by atoms with Crippen LogP contribution in [0.1, 0.15) is 13.8 Å². The van der Waals surface area contributed by atoms with Crippen LogP contribution in [0.3, 0.4) is 0 Å². The van der Waals surface area contributed by atoms with Gasteiger partial charge in [0.2, 0.25) is 0 Å². The lowest BCUT2D eigenvalue weighted by molar-refractivity contribution is -0.118. The molecule has 1 aromatic heterocycles. The Balaban J connectivity index is 1.58. The fourth-order valence-electron chi connectivity index (χ4n) is 2.64. The average Bonchev–Trinajstić information content (AvgIpc) is 2.72. The van der Waals surface area contributed by atoms with Crippen molar-refractivity contribution in [2.75, 3.05) is 23.8 Å². The topological polar surface area (TPSA) is 89.6 Å². The number of nitrogens with one attached hydrogen (secondary N) is 2. The molecule has 0 atom stereocenters. The van der Waals surface area contributed by atoms with Crippen molar-refractivity contribution in [1.29, 1.82) is 0 Å². The molecule has 0 unspecified atom stereocenters. The number of fused-ring (bicyclic) bond motifs is 1. The first kappa shape index (κ1) is 21.4. The molecule has 156 valence electrons. The standard InChI is InChI=1S/C22H22ClN3O4/c1-14(2)12-30-22(28)26-16-6-3-5-15(11-16)25-20(27)13-29-19-9-8-18(23)17-7-4-10-24-21(17)19/h3-11,14H,12-13H2,1-2H3,(H,25,27)(H,26,28). The lowest BCUT2D eigenvalue weighted by Gasteiger charge is -2.11. The van der Waals surface area contributed by atoms with Crippen LogP contribution in [0, 0.1) is 5.92 Å². The molecule has 2 N–H and O–H groups in total. The van der Waals surface area contributed by atoms with Crippen molar-refractivity contribution in [2.24, 2.45) is 5.92 Å². The Kier molecular flexibility index (Phi) is 7.08. The number of carbonyl (C=O) groups is 2. The molecular weight excluding hydrogens is 406 g/mol. The van der Waals surface area contributed by atoms with Crippen molar-refractivity contribution in [3.8, 4) is 5.75 Å². The summed E-state index contributed by atoms with van der Waals surface area (Å²) in [6.45, 7) is 4.03. The van der Waals surface area contributed by atoms with Crippen molar-refractivity contribution < 1.29 is 19.1 Å². The Bertz CT molecular complexity index is 1060. The molecule has 0 aliphatic rings. The highest BCUT2D eigenvalue weighted by Crippen LogP contribution is 2.29. The second-order valence-electron chi connectivity index (χ2n) is 6.98. The van der Waals surface area contributed by atoms with Crippen LogP contribution in [0.4, 0.5) is 16.2 Å². The molecule has 0 bridgehead atoms. The average molecular weight is 428 g/mol. The highest BCUT2D eigenvalue weighted by Gasteiger charge is 2.10. The van der Waals surface area contributed by atoms with Gasteiger partial charge in [0, 0.05) is 23.0 Å². The van der Waals surface area contributed by atoms with Gasteiger partial charge in [0.05, 0.1) is 11.6 Å². The van der Waals surface area contributed by atoms with E-state index in [1.165, 1.54) is 0 Å². The summed E-state index contributed by atoms with van der Waals surface area (Å²) in [6, 6.07) is 13.8. The van der Waals surface area contributed by atoms with E-state index < -0.39 is 6.09 Å². The molecule has 2 amide bonds. The third kappa shape index (κ3) is 5.84. The van der Waals surface area contributed by atoms with Gasteiger partial charge in [0.1, 0.15) is 11.3 Å². The summed E-state index contributed by atoms with van der Waals surface area (Å²) in [7, 11) is 0. The number of nitrogens with zero attached hydrogens (tertiary/aromatic N) is 1. The fraction of sp³-hybridized carbons (Fsp3) is 0.227. The maximum Gasteiger partial charge on any atom is 0.411 e. The zero-order chi connectivity index (χ0) is 21.5. The SMILES string of the molecule is CC(C)COC(=O)Nc1cccc(NC(=O)COc2ccc(Cl)c3cccnc23)c1. The van der Waals surface area contributed by atoms with Crippen LogP contribution < -0.4 is 15.4 Å². The number of ether oxygens (including phenoxy) is 2. The summed E-state index contributed by atoms with van der Waals surface area (Å²) >= 11 is 6.17. The van der Waals surface area contributed by atoms with Crippen molar-refractivity contribution in [1.82, 2.24) is 4.98 Å².